The summed E-state index contributed by atoms with van der Waals surface area (Å²) in [5.41, 5.74) is 5.27. The van der Waals surface area contributed by atoms with E-state index in [1.54, 1.807) is 0 Å². The van der Waals surface area contributed by atoms with Crippen LogP contribution in [0.5, 0.6) is 0 Å². The average Bonchev–Trinajstić information content (AvgIpc) is 2.33. The number of amides is 1. The maximum Gasteiger partial charge on any atom is 0.248 e. The molecule has 0 saturated heterocycles. The molecule has 0 aliphatic heterocycles. The summed E-state index contributed by atoms with van der Waals surface area (Å²) in [4.78, 5) is 13.6. The highest BCUT2D eigenvalue weighted by Gasteiger charge is 2.11. The third-order valence-corrected chi connectivity index (χ3v) is 2.20. The van der Waals surface area contributed by atoms with E-state index in [4.69, 9.17) is 15.2 Å². The Morgan fingerprint density at radius 1 is 1.06 bits per heavy atom. The van der Waals surface area contributed by atoms with E-state index in [1.165, 1.54) is 0 Å². The lowest BCUT2D eigenvalue weighted by molar-refractivity contribution is -0.136. The Kier molecular flexibility index (Phi) is 11.4. The number of nitrogens with zero attached hydrogens (tertiary/aromatic N) is 1. The molecule has 0 fully saturated rings. The molecule has 5 heteroatoms. The first-order valence-electron chi connectivity index (χ1n) is 6.39. The Morgan fingerprint density at radius 2 is 1.65 bits per heavy atom. The predicted octanol–water partition coefficient (Wildman–Crippen LogP) is 0.627. The van der Waals surface area contributed by atoms with Gasteiger partial charge in [0.05, 0.1) is 19.8 Å². The molecule has 0 rings (SSSR count). The first-order valence-corrected chi connectivity index (χ1v) is 6.39. The molecule has 0 unspecified atom stereocenters. The van der Waals surface area contributed by atoms with Crippen molar-refractivity contribution in [1.82, 2.24) is 4.90 Å². The summed E-state index contributed by atoms with van der Waals surface area (Å²) in [6.45, 7) is 7.87. The van der Waals surface area contributed by atoms with Crippen molar-refractivity contribution in [3.05, 3.63) is 0 Å². The molecule has 5 nitrogen and oxygen atoms in total. The minimum Gasteiger partial charge on any atom is -0.378 e. The van der Waals surface area contributed by atoms with Crippen molar-refractivity contribution < 1.29 is 14.3 Å². The van der Waals surface area contributed by atoms with Gasteiger partial charge >= 0.3 is 0 Å². The summed E-state index contributed by atoms with van der Waals surface area (Å²) < 4.78 is 10.4. The molecular formula is C12H26N2O3. The van der Waals surface area contributed by atoms with Gasteiger partial charge in [-0.05, 0) is 12.8 Å². The monoisotopic (exact) mass is 246 g/mol. The van der Waals surface area contributed by atoms with E-state index in [2.05, 4.69) is 13.8 Å². The topological polar surface area (TPSA) is 64.8 Å². The van der Waals surface area contributed by atoms with Gasteiger partial charge in [-0.2, -0.15) is 0 Å². The molecule has 0 radical (unpaired) electrons. The van der Waals surface area contributed by atoms with Crippen molar-refractivity contribution in [3.63, 3.8) is 0 Å². The molecular weight excluding hydrogens is 220 g/mol. The van der Waals surface area contributed by atoms with E-state index >= 15 is 0 Å². The van der Waals surface area contributed by atoms with Crippen LogP contribution in [0.3, 0.4) is 0 Å². The summed E-state index contributed by atoms with van der Waals surface area (Å²) in [6, 6.07) is 0. The van der Waals surface area contributed by atoms with Gasteiger partial charge in [-0.1, -0.05) is 13.8 Å². The molecule has 102 valence electrons. The van der Waals surface area contributed by atoms with E-state index < -0.39 is 0 Å². The highest BCUT2D eigenvalue weighted by Crippen LogP contribution is 1.96. The molecule has 0 bridgehead atoms. The number of ether oxygens (including phenoxy) is 2. The van der Waals surface area contributed by atoms with E-state index in [0.717, 1.165) is 25.9 Å². The molecule has 17 heavy (non-hydrogen) atoms. The third-order valence-electron chi connectivity index (χ3n) is 2.20. The average molecular weight is 246 g/mol. The maximum atomic E-state index is 11.8. The second kappa shape index (κ2) is 11.8. The fourth-order valence-electron chi connectivity index (χ4n) is 1.46. The highest BCUT2D eigenvalue weighted by atomic mass is 16.5. The molecule has 0 saturated carbocycles. The molecule has 1 amide bonds. The molecule has 0 aliphatic rings. The quantitative estimate of drug-likeness (QED) is 0.543. The number of carbonyl (C=O) groups excluding carboxylic acids is 1. The molecule has 0 atom stereocenters. The minimum absolute atomic E-state index is 0.0625. The molecule has 0 aromatic heterocycles. The summed E-state index contributed by atoms with van der Waals surface area (Å²) >= 11 is 0. The van der Waals surface area contributed by atoms with E-state index in [1.807, 2.05) is 4.90 Å². The van der Waals surface area contributed by atoms with Crippen LogP contribution in [0.15, 0.2) is 0 Å². The smallest absolute Gasteiger partial charge is 0.248 e. The first-order chi connectivity index (χ1) is 8.26. The molecule has 0 aromatic carbocycles. The lowest BCUT2D eigenvalue weighted by Crippen LogP contribution is -2.35. The Bertz CT molecular complexity index is 183. The molecule has 0 spiro atoms. The van der Waals surface area contributed by atoms with E-state index in [9.17, 15) is 4.79 Å². The Balaban J connectivity index is 3.59. The number of carbonyl (C=O) groups is 1. The van der Waals surface area contributed by atoms with Crippen molar-refractivity contribution >= 4 is 5.91 Å². The largest absolute Gasteiger partial charge is 0.378 e. The van der Waals surface area contributed by atoms with Crippen LogP contribution in [-0.2, 0) is 14.3 Å². The van der Waals surface area contributed by atoms with Crippen LogP contribution in [0.25, 0.3) is 0 Å². The van der Waals surface area contributed by atoms with Crippen LogP contribution in [0, 0.1) is 0 Å². The van der Waals surface area contributed by atoms with Crippen molar-refractivity contribution in [1.29, 1.82) is 0 Å². The zero-order valence-corrected chi connectivity index (χ0v) is 11.1. The molecule has 0 aliphatic carbocycles. The fourth-order valence-corrected chi connectivity index (χ4v) is 1.46. The summed E-state index contributed by atoms with van der Waals surface area (Å²) in [5, 5.41) is 0. The predicted molar refractivity (Wildman–Crippen MR) is 67.9 cm³/mol. The van der Waals surface area contributed by atoms with Crippen molar-refractivity contribution in [2.75, 3.05) is 46.1 Å². The molecule has 0 heterocycles. The van der Waals surface area contributed by atoms with Crippen LogP contribution in [0.1, 0.15) is 26.7 Å². The minimum atomic E-state index is 0.0625. The van der Waals surface area contributed by atoms with E-state index in [-0.39, 0.29) is 12.5 Å². The standard InChI is InChI=1S/C12H26N2O3/c1-3-6-14(7-4-2)12(15)11-17-10-9-16-8-5-13/h3-11,13H2,1-2H3. The van der Waals surface area contributed by atoms with Gasteiger partial charge in [0.1, 0.15) is 6.61 Å². The van der Waals surface area contributed by atoms with Gasteiger partial charge in [0.2, 0.25) is 5.91 Å². The summed E-state index contributed by atoms with van der Waals surface area (Å²) in [6.07, 6.45) is 1.96. The third kappa shape index (κ3) is 9.09. The molecule has 0 aromatic rings. The number of hydrogen-bond acceptors (Lipinski definition) is 4. The van der Waals surface area contributed by atoms with Crippen molar-refractivity contribution in [2.24, 2.45) is 5.73 Å². The van der Waals surface area contributed by atoms with E-state index in [0.29, 0.717) is 26.4 Å². The van der Waals surface area contributed by atoms with Crippen LogP contribution < -0.4 is 5.73 Å². The Hall–Kier alpha value is -0.650. The van der Waals surface area contributed by atoms with Crippen LogP contribution in [-0.4, -0.2) is 56.9 Å². The van der Waals surface area contributed by atoms with Gasteiger partial charge in [0, 0.05) is 19.6 Å². The van der Waals surface area contributed by atoms with Gasteiger partial charge in [-0.25, -0.2) is 0 Å². The SMILES string of the molecule is CCCN(CCC)C(=O)COCCOCCN. The summed E-state index contributed by atoms with van der Waals surface area (Å²) in [5.74, 6) is 0.0625. The second-order valence-corrected chi connectivity index (χ2v) is 3.83. The van der Waals surface area contributed by atoms with Gasteiger partial charge < -0.3 is 20.1 Å². The number of nitrogens with two attached hydrogens (primary N) is 1. The Labute approximate surface area is 104 Å². The maximum absolute atomic E-state index is 11.8. The molecule has 2 N–H and O–H groups in total. The van der Waals surface area contributed by atoms with Crippen molar-refractivity contribution in [3.8, 4) is 0 Å². The fraction of sp³-hybridized carbons (Fsp3) is 0.917. The normalized spacial score (nSPS) is 10.5. The lowest BCUT2D eigenvalue weighted by atomic mass is 10.3. The first kappa shape index (κ1) is 16.4. The van der Waals surface area contributed by atoms with Crippen LogP contribution >= 0.6 is 0 Å². The zero-order valence-electron chi connectivity index (χ0n) is 11.1. The lowest BCUT2D eigenvalue weighted by Gasteiger charge is -2.21. The van der Waals surface area contributed by atoms with Gasteiger partial charge in [-0.3, -0.25) is 4.79 Å². The van der Waals surface area contributed by atoms with Gasteiger partial charge in [0.15, 0.2) is 0 Å². The number of hydrogen-bond donors (Lipinski definition) is 1. The number of rotatable bonds is 11. The highest BCUT2D eigenvalue weighted by molar-refractivity contribution is 5.77. The van der Waals surface area contributed by atoms with Crippen molar-refractivity contribution in [2.45, 2.75) is 26.7 Å². The van der Waals surface area contributed by atoms with Gasteiger partial charge in [0.25, 0.3) is 0 Å². The zero-order chi connectivity index (χ0) is 12.9. The van der Waals surface area contributed by atoms with Crippen LogP contribution in [0.4, 0.5) is 0 Å². The second-order valence-electron chi connectivity index (χ2n) is 3.83. The Morgan fingerprint density at radius 3 is 2.18 bits per heavy atom. The summed E-state index contributed by atoms with van der Waals surface area (Å²) in [7, 11) is 0. The van der Waals surface area contributed by atoms with Gasteiger partial charge in [-0.15, -0.1) is 0 Å². The van der Waals surface area contributed by atoms with Crippen LogP contribution in [0.2, 0.25) is 0 Å².